The van der Waals surface area contributed by atoms with Crippen molar-refractivity contribution in [3.05, 3.63) is 138 Å². The number of rotatable bonds is 7. The number of hydrogen-bond donors (Lipinski definition) is 1. The van der Waals surface area contributed by atoms with E-state index in [9.17, 15) is 0 Å². The number of anilines is 3. The Kier molecular flexibility index (Phi) is 6.54. The van der Waals surface area contributed by atoms with Crippen molar-refractivity contribution in [2.75, 3.05) is 16.8 Å². The Balaban J connectivity index is 1.62. The highest BCUT2D eigenvalue weighted by Gasteiger charge is 2.21. The van der Waals surface area contributed by atoms with Crippen LogP contribution in [0.3, 0.4) is 0 Å². The van der Waals surface area contributed by atoms with Crippen LogP contribution in [0.1, 0.15) is 28.3 Å². The van der Waals surface area contributed by atoms with Crippen LogP contribution in [0.5, 0.6) is 0 Å². The SMILES string of the molecule is Cc1cc(C)c(NC(CN(c2ccccc2)c2cccc3ccccc23)c2ccccc2)c(C)c1. The van der Waals surface area contributed by atoms with Crippen molar-refractivity contribution >= 4 is 27.8 Å². The molecule has 35 heavy (non-hydrogen) atoms. The third-order valence-electron chi connectivity index (χ3n) is 6.69. The molecule has 5 aromatic rings. The Bertz CT molecular complexity index is 1400. The number of fused-ring (bicyclic) bond motifs is 1. The molecule has 0 spiro atoms. The van der Waals surface area contributed by atoms with Crippen LogP contribution in [-0.4, -0.2) is 6.54 Å². The minimum absolute atomic E-state index is 0.0930. The molecule has 0 fully saturated rings. The van der Waals surface area contributed by atoms with Crippen LogP contribution in [0.25, 0.3) is 10.8 Å². The van der Waals surface area contributed by atoms with Gasteiger partial charge in [0.05, 0.1) is 6.04 Å². The van der Waals surface area contributed by atoms with Gasteiger partial charge < -0.3 is 10.2 Å². The fourth-order valence-corrected chi connectivity index (χ4v) is 5.08. The molecule has 2 nitrogen and oxygen atoms in total. The van der Waals surface area contributed by atoms with Gasteiger partial charge in [0.25, 0.3) is 0 Å². The first-order chi connectivity index (χ1) is 17.1. The van der Waals surface area contributed by atoms with Gasteiger partial charge in [0.2, 0.25) is 0 Å². The lowest BCUT2D eigenvalue weighted by Gasteiger charge is -2.32. The minimum atomic E-state index is 0.0930. The lowest BCUT2D eigenvalue weighted by molar-refractivity contribution is 0.766. The summed E-state index contributed by atoms with van der Waals surface area (Å²) in [5, 5.41) is 6.44. The molecule has 1 unspecified atom stereocenters. The van der Waals surface area contributed by atoms with Crippen molar-refractivity contribution < 1.29 is 0 Å². The lowest BCUT2D eigenvalue weighted by Crippen LogP contribution is -2.29. The normalized spacial score (nSPS) is 11.9. The van der Waals surface area contributed by atoms with Gasteiger partial charge >= 0.3 is 0 Å². The summed E-state index contributed by atoms with van der Waals surface area (Å²) in [6.07, 6.45) is 0. The molecule has 0 heterocycles. The maximum absolute atomic E-state index is 3.94. The average molecular weight is 457 g/mol. The van der Waals surface area contributed by atoms with Gasteiger partial charge in [0.1, 0.15) is 0 Å². The smallest absolute Gasteiger partial charge is 0.0693 e. The third-order valence-corrected chi connectivity index (χ3v) is 6.69. The van der Waals surface area contributed by atoms with Crippen LogP contribution in [0.4, 0.5) is 17.1 Å². The van der Waals surface area contributed by atoms with E-state index in [4.69, 9.17) is 0 Å². The summed E-state index contributed by atoms with van der Waals surface area (Å²) < 4.78 is 0. The monoisotopic (exact) mass is 456 g/mol. The Morgan fingerprint density at radius 3 is 1.97 bits per heavy atom. The topological polar surface area (TPSA) is 15.3 Å². The van der Waals surface area contributed by atoms with Crippen molar-refractivity contribution in [3.8, 4) is 0 Å². The number of nitrogens with one attached hydrogen (secondary N) is 1. The quantitative estimate of drug-likeness (QED) is 0.263. The van der Waals surface area contributed by atoms with Crippen LogP contribution in [0.2, 0.25) is 0 Å². The van der Waals surface area contributed by atoms with Crippen LogP contribution in [0, 0.1) is 20.8 Å². The van der Waals surface area contributed by atoms with E-state index in [0.29, 0.717) is 0 Å². The van der Waals surface area contributed by atoms with Gasteiger partial charge in [0, 0.05) is 29.0 Å². The summed E-state index contributed by atoms with van der Waals surface area (Å²) >= 11 is 0. The van der Waals surface area contributed by atoms with E-state index in [1.165, 1.54) is 50.1 Å². The fourth-order valence-electron chi connectivity index (χ4n) is 5.08. The van der Waals surface area contributed by atoms with E-state index in [1.54, 1.807) is 0 Å². The summed E-state index contributed by atoms with van der Waals surface area (Å²) in [7, 11) is 0. The first-order valence-electron chi connectivity index (χ1n) is 12.3. The largest absolute Gasteiger partial charge is 0.376 e. The lowest BCUT2D eigenvalue weighted by atomic mass is 10.0. The van der Waals surface area contributed by atoms with E-state index < -0.39 is 0 Å². The maximum atomic E-state index is 3.94. The molecule has 5 rings (SSSR count). The number of benzene rings is 5. The maximum Gasteiger partial charge on any atom is 0.0693 e. The van der Waals surface area contributed by atoms with Crippen molar-refractivity contribution in [1.82, 2.24) is 0 Å². The second-order valence-corrected chi connectivity index (χ2v) is 9.33. The van der Waals surface area contributed by atoms with E-state index in [2.05, 4.69) is 146 Å². The summed E-state index contributed by atoms with van der Waals surface area (Å²) in [6.45, 7) is 7.35. The van der Waals surface area contributed by atoms with Gasteiger partial charge in [-0.1, -0.05) is 103 Å². The molecular formula is C33H32N2. The molecule has 0 saturated heterocycles. The number of aryl methyl sites for hydroxylation is 3. The fraction of sp³-hybridized carbons (Fsp3) is 0.152. The van der Waals surface area contributed by atoms with Gasteiger partial charge in [-0.2, -0.15) is 0 Å². The number of para-hydroxylation sites is 1. The Labute approximate surface area is 208 Å². The predicted molar refractivity (Wildman–Crippen MR) is 151 cm³/mol. The predicted octanol–water partition coefficient (Wildman–Crippen LogP) is 8.76. The van der Waals surface area contributed by atoms with Crippen LogP contribution in [-0.2, 0) is 0 Å². The molecule has 1 atom stereocenters. The summed E-state index contributed by atoms with van der Waals surface area (Å²) in [5.74, 6) is 0. The van der Waals surface area contributed by atoms with Crippen LogP contribution >= 0.6 is 0 Å². The number of nitrogens with zero attached hydrogens (tertiary/aromatic N) is 1. The molecule has 5 aromatic carbocycles. The standard InChI is InChI=1S/C33H32N2/c1-24-21-25(2)33(26(3)22-24)34-31(28-14-6-4-7-15-28)23-35(29-17-8-5-9-18-29)32-20-12-16-27-13-10-11-19-30(27)32/h4-22,31,34H,23H2,1-3H3. The van der Waals surface area contributed by atoms with Crippen molar-refractivity contribution in [3.63, 3.8) is 0 Å². The zero-order chi connectivity index (χ0) is 24.2. The summed E-state index contributed by atoms with van der Waals surface area (Å²) in [4.78, 5) is 2.45. The molecule has 1 N–H and O–H groups in total. The molecule has 174 valence electrons. The van der Waals surface area contributed by atoms with Crippen LogP contribution in [0.15, 0.2) is 115 Å². The molecule has 0 radical (unpaired) electrons. The molecule has 0 amide bonds. The molecule has 0 aliphatic rings. The molecule has 0 aromatic heterocycles. The molecule has 2 heteroatoms. The van der Waals surface area contributed by atoms with Crippen molar-refractivity contribution in [2.24, 2.45) is 0 Å². The molecule has 0 aliphatic heterocycles. The van der Waals surface area contributed by atoms with Gasteiger partial charge in [-0.05, 0) is 61.0 Å². The number of hydrogen-bond acceptors (Lipinski definition) is 2. The summed E-state index contributed by atoms with van der Waals surface area (Å²) in [6, 6.07) is 41.4. The second kappa shape index (κ2) is 10.1. The van der Waals surface area contributed by atoms with E-state index in [-0.39, 0.29) is 6.04 Å². The first kappa shape index (κ1) is 22.7. The Morgan fingerprint density at radius 2 is 1.26 bits per heavy atom. The second-order valence-electron chi connectivity index (χ2n) is 9.33. The Morgan fingerprint density at radius 1 is 0.657 bits per heavy atom. The van der Waals surface area contributed by atoms with Gasteiger partial charge in [-0.25, -0.2) is 0 Å². The first-order valence-corrected chi connectivity index (χ1v) is 12.3. The van der Waals surface area contributed by atoms with Gasteiger partial charge in [-0.15, -0.1) is 0 Å². The Hall–Kier alpha value is -4.04. The molecule has 0 bridgehead atoms. The average Bonchev–Trinajstić information content (AvgIpc) is 2.89. The minimum Gasteiger partial charge on any atom is -0.376 e. The van der Waals surface area contributed by atoms with Crippen LogP contribution < -0.4 is 10.2 Å². The molecule has 0 aliphatic carbocycles. The van der Waals surface area contributed by atoms with Gasteiger partial charge in [-0.3, -0.25) is 0 Å². The molecule has 0 saturated carbocycles. The van der Waals surface area contributed by atoms with Crippen molar-refractivity contribution in [2.45, 2.75) is 26.8 Å². The zero-order valence-electron chi connectivity index (χ0n) is 20.7. The van der Waals surface area contributed by atoms with Gasteiger partial charge in [0.15, 0.2) is 0 Å². The van der Waals surface area contributed by atoms with Crippen molar-refractivity contribution in [1.29, 1.82) is 0 Å². The zero-order valence-corrected chi connectivity index (χ0v) is 20.7. The highest BCUT2D eigenvalue weighted by atomic mass is 15.2. The van der Waals surface area contributed by atoms with E-state index >= 15 is 0 Å². The molecular weight excluding hydrogens is 424 g/mol. The summed E-state index contributed by atoms with van der Waals surface area (Å²) in [5.41, 5.74) is 8.74. The van der Waals surface area contributed by atoms with E-state index in [1.807, 2.05) is 0 Å². The van der Waals surface area contributed by atoms with E-state index in [0.717, 1.165) is 6.54 Å². The highest BCUT2D eigenvalue weighted by Crippen LogP contribution is 2.35. The third kappa shape index (κ3) is 4.93. The highest BCUT2D eigenvalue weighted by molar-refractivity contribution is 5.96.